The van der Waals surface area contributed by atoms with Crippen molar-refractivity contribution in [3.63, 3.8) is 0 Å². The molecule has 0 saturated heterocycles. The van der Waals surface area contributed by atoms with Gasteiger partial charge in [-0.15, -0.1) is 0 Å². The number of methoxy groups -OCH3 is 1. The summed E-state index contributed by atoms with van der Waals surface area (Å²) in [5, 5.41) is 0. The number of sulfone groups is 1. The summed E-state index contributed by atoms with van der Waals surface area (Å²) in [5.74, 6) is 1.02. The van der Waals surface area contributed by atoms with Gasteiger partial charge in [0.05, 0.1) is 18.6 Å². The maximum absolute atomic E-state index is 11.8. The fraction of sp³-hybridized carbons (Fsp3) is 0.538. The third kappa shape index (κ3) is 4.66. The molecule has 1 aromatic rings. The van der Waals surface area contributed by atoms with Crippen LogP contribution < -0.4 is 10.5 Å². The Morgan fingerprint density at radius 1 is 1.17 bits per heavy atom. The van der Waals surface area contributed by atoms with Crippen LogP contribution in [0.15, 0.2) is 24.3 Å². The number of nitrogens with two attached hydrogens (primary N) is 1. The first-order chi connectivity index (χ1) is 8.34. The van der Waals surface area contributed by atoms with Crippen molar-refractivity contribution in [2.24, 2.45) is 11.7 Å². The van der Waals surface area contributed by atoms with E-state index in [1.807, 2.05) is 13.8 Å². The molecule has 0 fully saturated rings. The second-order valence-corrected chi connectivity index (χ2v) is 7.00. The highest BCUT2D eigenvalue weighted by Crippen LogP contribution is 2.18. The van der Waals surface area contributed by atoms with Crippen molar-refractivity contribution in [2.75, 3.05) is 18.6 Å². The minimum Gasteiger partial charge on any atom is -0.497 e. The Kier molecular flexibility index (Phi) is 5.16. The van der Waals surface area contributed by atoms with Crippen molar-refractivity contribution in [2.45, 2.75) is 19.9 Å². The first-order valence-corrected chi connectivity index (χ1v) is 7.76. The maximum atomic E-state index is 11.8. The second-order valence-electron chi connectivity index (χ2n) is 4.85. The number of hydrogen-bond acceptors (Lipinski definition) is 4. The highest BCUT2D eigenvalue weighted by molar-refractivity contribution is 7.91. The van der Waals surface area contributed by atoms with Gasteiger partial charge in [0.25, 0.3) is 0 Å². The van der Waals surface area contributed by atoms with E-state index >= 15 is 0 Å². The molecule has 18 heavy (non-hydrogen) atoms. The smallest absolute Gasteiger partial charge is 0.152 e. The molecule has 0 bridgehead atoms. The summed E-state index contributed by atoms with van der Waals surface area (Å²) in [4.78, 5) is 0. The first kappa shape index (κ1) is 15.0. The number of benzene rings is 1. The zero-order valence-corrected chi connectivity index (χ0v) is 11.9. The zero-order valence-electron chi connectivity index (χ0n) is 11.1. The topological polar surface area (TPSA) is 69.4 Å². The molecule has 0 amide bonds. The molecule has 1 aromatic carbocycles. The van der Waals surface area contributed by atoms with E-state index in [2.05, 4.69) is 0 Å². The molecule has 0 saturated carbocycles. The Labute approximate surface area is 109 Å². The van der Waals surface area contributed by atoms with Gasteiger partial charge in [-0.05, 0) is 23.6 Å². The molecule has 5 heteroatoms. The lowest BCUT2D eigenvalue weighted by Gasteiger charge is -2.14. The summed E-state index contributed by atoms with van der Waals surface area (Å²) in [7, 11) is -1.51. The summed E-state index contributed by atoms with van der Waals surface area (Å²) in [6.07, 6.45) is 0. The van der Waals surface area contributed by atoms with Crippen molar-refractivity contribution in [3.8, 4) is 5.75 Å². The molecule has 4 nitrogen and oxygen atoms in total. The Morgan fingerprint density at radius 2 is 1.72 bits per heavy atom. The van der Waals surface area contributed by atoms with Gasteiger partial charge in [0.15, 0.2) is 9.84 Å². The highest BCUT2D eigenvalue weighted by atomic mass is 32.2. The lowest BCUT2D eigenvalue weighted by molar-refractivity contribution is 0.414. The van der Waals surface area contributed by atoms with E-state index in [4.69, 9.17) is 10.5 Å². The summed E-state index contributed by atoms with van der Waals surface area (Å²) < 4.78 is 28.7. The largest absolute Gasteiger partial charge is 0.497 e. The SMILES string of the molecule is COc1ccc(C(N)CS(=O)(=O)CC(C)C)cc1. The molecule has 0 radical (unpaired) electrons. The number of rotatable bonds is 6. The van der Waals surface area contributed by atoms with Crippen LogP contribution in [0.25, 0.3) is 0 Å². The van der Waals surface area contributed by atoms with Crippen LogP contribution in [0.4, 0.5) is 0 Å². The van der Waals surface area contributed by atoms with Gasteiger partial charge in [-0.1, -0.05) is 26.0 Å². The van der Waals surface area contributed by atoms with E-state index in [9.17, 15) is 8.42 Å². The summed E-state index contributed by atoms with van der Waals surface area (Å²) in [6, 6.07) is 6.68. The molecule has 102 valence electrons. The molecule has 0 aliphatic heterocycles. The highest BCUT2D eigenvalue weighted by Gasteiger charge is 2.18. The first-order valence-electron chi connectivity index (χ1n) is 5.94. The van der Waals surface area contributed by atoms with Crippen LogP contribution in [0.3, 0.4) is 0 Å². The molecule has 1 atom stereocenters. The molecule has 1 unspecified atom stereocenters. The van der Waals surface area contributed by atoms with Crippen molar-refractivity contribution in [1.29, 1.82) is 0 Å². The van der Waals surface area contributed by atoms with E-state index in [1.54, 1.807) is 31.4 Å². The van der Waals surface area contributed by atoms with Crippen molar-refractivity contribution in [1.82, 2.24) is 0 Å². The van der Waals surface area contributed by atoms with Crippen LogP contribution in [0, 0.1) is 5.92 Å². The predicted octanol–water partition coefficient (Wildman–Crippen LogP) is 1.77. The van der Waals surface area contributed by atoms with Gasteiger partial charge >= 0.3 is 0 Å². The molecule has 0 aliphatic rings. The van der Waals surface area contributed by atoms with Crippen molar-refractivity contribution < 1.29 is 13.2 Å². The number of hydrogen-bond donors (Lipinski definition) is 1. The van der Waals surface area contributed by atoms with Crippen LogP contribution in [0.2, 0.25) is 0 Å². The zero-order chi connectivity index (χ0) is 13.8. The van der Waals surface area contributed by atoms with Crippen LogP contribution >= 0.6 is 0 Å². The molecular formula is C13H21NO3S. The molecular weight excluding hydrogens is 250 g/mol. The lowest BCUT2D eigenvalue weighted by Crippen LogP contribution is -2.25. The maximum Gasteiger partial charge on any atom is 0.152 e. The van der Waals surface area contributed by atoms with Gasteiger partial charge in [0.1, 0.15) is 5.75 Å². The van der Waals surface area contributed by atoms with Gasteiger partial charge < -0.3 is 10.5 Å². The third-order valence-electron chi connectivity index (χ3n) is 2.56. The normalized spacial score (nSPS) is 13.6. The van der Waals surface area contributed by atoms with Crippen molar-refractivity contribution >= 4 is 9.84 Å². The van der Waals surface area contributed by atoms with E-state index in [0.717, 1.165) is 11.3 Å². The molecule has 0 heterocycles. The van der Waals surface area contributed by atoms with Crippen LogP contribution in [-0.2, 0) is 9.84 Å². The Morgan fingerprint density at radius 3 is 2.17 bits per heavy atom. The monoisotopic (exact) mass is 271 g/mol. The minimum atomic E-state index is -3.10. The molecule has 0 spiro atoms. The van der Waals surface area contributed by atoms with Crippen LogP contribution in [0.1, 0.15) is 25.5 Å². The fourth-order valence-electron chi connectivity index (χ4n) is 1.80. The average molecular weight is 271 g/mol. The Balaban J connectivity index is 2.72. The second kappa shape index (κ2) is 6.20. The quantitative estimate of drug-likeness (QED) is 0.856. The Hall–Kier alpha value is -1.07. The summed E-state index contributed by atoms with van der Waals surface area (Å²) in [6.45, 7) is 3.77. The van der Waals surface area contributed by atoms with Gasteiger partial charge in [0.2, 0.25) is 0 Å². The van der Waals surface area contributed by atoms with Crippen LogP contribution in [-0.4, -0.2) is 27.0 Å². The fourth-order valence-corrected chi connectivity index (χ4v) is 3.69. The van der Waals surface area contributed by atoms with Crippen molar-refractivity contribution in [3.05, 3.63) is 29.8 Å². The standard InChI is InChI=1S/C13H21NO3S/c1-10(2)8-18(15,16)9-13(14)11-4-6-12(17-3)7-5-11/h4-7,10,13H,8-9,14H2,1-3H3. The number of ether oxygens (including phenoxy) is 1. The summed E-state index contributed by atoms with van der Waals surface area (Å²) >= 11 is 0. The van der Waals surface area contributed by atoms with Gasteiger partial charge in [0, 0.05) is 6.04 Å². The third-order valence-corrected chi connectivity index (χ3v) is 4.61. The van der Waals surface area contributed by atoms with Gasteiger partial charge in [-0.3, -0.25) is 0 Å². The minimum absolute atomic E-state index is 0.0164. The van der Waals surface area contributed by atoms with E-state index in [0.29, 0.717) is 0 Å². The van der Waals surface area contributed by atoms with Crippen LogP contribution in [0.5, 0.6) is 5.75 Å². The predicted molar refractivity (Wildman–Crippen MR) is 73.4 cm³/mol. The van der Waals surface area contributed by atoms with E-state index in [-0.39, 0.29) is 17.4 Å². The molecule has 0 aliphatic carbocycles. The molecule has 0 aromatic heterocycles. The van der Waals surface area contributed by atoms with E-state index in [1.165, 1.54) is 0 Å². The van der Waals surface area contributed by atoms with E-state index < -0.39 is 15.9 Å². The molecule has 1 rings (SSSR count). The average Bonchev–Trinajstić information content (AvgIpc) is 2.26. The molecule has 2 N–H and O–H groups in total. The summed E-state index contributed by atoms with van der Waals surface area (Å²) in [5.41, 5.74) is 6.74. The Bertz CT molecular complexity index is 466. The lowest BCUT2D eigenvalue weighted by atomic mass is 10.1. The van der Waals surface area contributed by atoms with Gasteiger partial charge in [-0.25, -0.2) is 8.42 Å². The van der Waals surface area contributed by atoms with Gasteiger partial charge in [-0.2, -0.15) is 0 Å².